The first-order chi connectivity index (χ1) is 11.0. The number of carbonyl (C=O) groups is 1. The van der Waals surface area contributed by atoms with Crippen LogP contribution in [-0.4, -0.2) is 72.9 Å². The zero-order valence-corrected chi connectivity index (χ0v) is 13.8. The van der Waals surface area contributed by atoms with Gasteiger partial charge in [0.2, 0.25) is 5.91 Å². The largest absolute Gasteiger partial charge is 0.394 e. The van der Waals surface area contributed by atoms with E-state index in [0.29, 0.717) is 13.0 Å². The Balaban J connectivity index is 2.16. The van der Waals surface area contributed by atoms with Crippen LogP contribution in [0, 0.1) is 5.92 Å². The van der Waals surface area contributed by atoms with Crippen molar-refractivity contribution in [2.24, 2.45) is 5.92 Å². The third-order valence-electron chi connectivity index (χ3n) is 3.93. The fraction of sp³-hybridized carbons (Fsp3) is 0.933. The molecule has 23 heavy (non-hydrogen) atoms. The molecule has 0 aromatic rings. The molecule has 136 valence electrons. The van der Waals surface area contributed by atoms with E-state index < -0.39 is 24.6 Å². The van der Waals surface area contributed by atoms with Crippen LogP contribution in [0.2, 0.25) is 0 Å². The minimum absolute atomic E-state index is 0.0418. The van der Waals surface area contributed by atoms with Crippen LogP contribution in [0.3, 0.4) is 0 Å². The number of carbonyl (C=O) groups excluding carboxylic acids is 1. The van der Waals surface area contributed by atoms with Gasteiger partial charge >= 0.3 is 0 Å². The van der Waals surface area contributed by atoms with Crippen LogP contribution in [0.25, 0.3) is 0 Å². The molecule has 0 spiro atoms. The highest BCUT2D eigenvalue weighted by Gasteiger charge is 2.42. The fourth-order valence-corrected chi connectivity index (χ4v) is 2.42. The minimum Gasteiger partial charge on any atom is -0.394 e. The Bertz CT molecular complexity index is 340. The monoisotopic (exact) mass is 335 g/mol. The molecule has 5 atom stereocenters. The van der Waals surface area contributed by atoms with Crippen LogP contribution in [-0.2, 0) is 19.0 Å². The van der Waals surface area contributed by atoms with Gasteiger partial charge in [0.05, 0.1) is 12.7 Å². The van der Waals surface area contributed by atoms with Gasteiger partial charge in [-0.2, -0.15) is 0 Å². The van der Waals surface area contributed by atoms with Gasteiger partial charge in [0, 0.05) is 26.1 Å². The van der Waals surface area contributed by atoms with Crippen LogP contribution in [0.5, 0.6) is 0 Å². The second-order valence-electron chi connectivity index (χ2n) is 5.78. The zero-order valence-electron chi connectivity index (χ0n) is 13.8. The number of nitrogens with one attached hydrogen (secondary N) is 1. The van der Waals surface area contributed by atoms with Crippen molar-refractivity contribution in [3.63, 3.8) is 0 Å². The van der Waals surface area contributed by atoms with Gasteiger partial charge in [-0.25, -0.2) is 0 Å². The van der Waals surface area contributed by atoms with Gasteiger partial charge in [-0.1, -0.05) is 13.3 Å². The number of unbranched alkanes of at least 4 members (excludes halogenated alkanes) is 2. The molecule has 4 N–H and O–H groups in total. The lowest BCUT2D eigenvalue weighted by Gasteiger charge is -2.40. The van der Waals surface area contributed by atoms with Gasteiger partial charge in [0.25, 0.3) is 0 Å². The minimum atomic E-state index is -1.11. The molecule has 1 saturated heterocycles. The number of aliphatic hydroxyl groups is 3. The lowest BCUT2D eigenvalue weighted by atomic mass is 9.92. The van der Waals surface area contributed by atoms with Gasteiger partial charge in [0.1, 0.15) is 18.9 Å². The molecule has 1 aliphatic heterocycles. The number of ether oxygens (including phenoxy) is 3. The Morgan fingerprint density at radius 1 is 1.22 bits per heavy atom. The summed E-state index contributed by atoms with van der Waals surface area (Å²) in [5, 5.41) is 31.4. The van der Waals surface area contributed by atoms with E-state index >= 15 is 0 Å². The molecule has 1 heterocycles. The molecule has 0 aromatic carbocycles. The van der Waals surface area contributed by atoms with Crippen molar-refractivity contribution in [1.82, 2.24) is 5.32 Å². The summed E-state index contributed by atoms with van der Waals surface area (Å²) in [6.45, 7) is 2.00. The average molecular weight is 335 g/mol. The van der Waals surface area contributed by atoms with E-state index in [1.807, 2.05) is 0 Å². The molecule has 0 aromatic heterocycles. The third-order valence-corrected chi connectivity index (χ3v) is 3.93. The molecule has 0 aliphatic carbocycles. The van der Waals surface area contributed by atoms with E-state index in [-0.39, 0.29) is 25.2 Å². The maximum absolute atomic E-state index is 11.3. The predicted molar refractivity (Wildman–Crippen MR) is 81.4 cm³/mol. The van der Waals surface area contributed by atoms with Crippen molar-refractivity contribution in [3.8, 4) is 0 Å². The Morgan fingerprint density at radius 3 is 2.61 bits per heavy atom. The zero-order chi connectivity index (χ0) is 17.2. The van der Waals surface area contributed by atoms with Crippen molar-refractivity contribution >= 4 is 5.91 Å². The second kappa shape index (κ2) is 10.9. The standard InChI is InChI=1S/C15H29NO7/c1-10-13(19)14(20)11(8-17)23-15(10)22-7-5-3-4-6-12(18)16-9-21-2/h10-11,13-15,17,19-20H,3-9H2,1-2H3,(H,16,18)/t10-,11?,13+,14-,15?/m0/s1. The Morgan fingerprint density at radius 2 is 1.96 bits per heavy atom. The summed E-state index contributed by atoms with van der Waals surface area (Å²) in [6.07, 6.45) is -0.817. The van der Waals surface area contributed by atoms with Gasteiger partial charge in [0.15, 0.2) is 6.29 Å². The number of rotatable bonds is 10. The molecule has 0 bridgehead atoms. The van der Waals surface area contributed by atoms with Crippen LogP contribution in [0.4, 0.5) is 0 Å². The summed E-state index contributed by atoms with van der Waals surface area (Å²) in [5.74, 6) is -0.424. The summed E-state index contributed by atoms with van der Waals surface area (Å²) in [7, 11) is 1.52. The first-order valence-corrected chi connectivity index (χ1v) is 8.01. The Kier molecular flexibility index (Phi) is 9.61. The highest BCUT2D eigenvalue weighted by atomic mass is 16.7. The Labute approximate surface area is 136 Å². The Hall–Kier alpha value is -0.770. The average Bonchev–Trinajstić information content (AvgIpc) is 2.55. The number of methoxy groups -OCH3 is 1. The SMILES string of the molecule is COCNC(=O)CCCCCOC1OC(CO)[C@H](O)[C@H](O)[C@@H]1C. The summed E-state index contributed by atoms with van der Waals surface area (Å²) in [6, 6.07) is 0. The van der Waals surface area contributed by atoms with E-state index in [4.69, 9.17) is 19.3 Å². The third kappa shape index (κ3) is 6.70. The topological polar surface area (TPSA) is 117 Å². The van der Waals surface area contributed by atoms with E-state index in [2.05, 4.69) is 5.32 Å². The molecule has 1 aliphatic rings. The summed E-state index contributed by atoms with van der Waals surface area (Å²) in [5.41, 5.74) is 0. The normalized spacial score (nSPS) is 31.1. The number of aliphatic hydroxyl groups excluding tert-OH is 3. The number of hydrogen-bond acceptors (Lipinski definition) is 7. The van der Waals surface area contributed by atoms with Crippen molar-refractivity contribution in [2.75, 3.05) is 27.1 Å². The lowest BCUT2D eigenvalue weighted by Crippen LogP contribution is -2.55. The van der Waals surface area contributed by atoms with Crippen LogP contribution >= 0.6 is 0 Å². The van der Waals surface area contributed by atoms with Gasteiger partial charge in [-0.3, -0.25) is 4.79 Å². The van der Waals surface area contributed by atoms with Gasteiger partial charge in [-0.15, -0.1) is 0 Å². The molecular weight excluding hydrogens is 306 g/mol. The molecule has 1 amide bonds. The molecule has 8 heteroatoms. The van der Waals surface area contributed by atoms with Crippen molar-refractivity contribution in [2.45, 2.75) is 57.2 Å². The van der Waals surface area contributed by atoms with Crippen LogP contribution in [0.15, 0.2) is 0 Å². The molecule has 1 rings (SSSR count). The smallest absolute Gasteiger partial charge is 0.221 e. The molecule has 8 nitrogen and oxygen atoms in total. The maximum atomic E-state index is 11.3. The second-order valence-corrected chi connectivity index (χ2v) is 5.78. The summed E-state index contributed by atoms with van der Waals surface area (Å²) in [4.78, 5) is 11.3. The quantitative estimate of drug-likeness (QED) is 0.310. The molecule has 1 fully saturated rings. The summed E-state index contributed by atoms with van der Waals surface area (Å²) < 4.78 is 15.8. The van der Waals surface area contributed by atoms with E-state index in [1.54, 1.807) is 6.92 Å². The van der Waals surface area contributed by atoms with E-state index in [0.717, 1.165) is 19.3 Å². The number of amides is 1. The van der Waals surface area contributed by atoms with Crippen LogP contribution in [0.1, 0.15) is 32.6 Å². The maximum Gasteiger partial charge on any atom is 0.221 e. The molecule has 0 saturated carbocycles. The van der Waals surface area contributed by atoms with E-state index in [1.165, 1.54) is 7.11 Å². The van der Waals surface area contributed by atoms with Crippen molar-refractivity contribution < 1.29 is 34.3 Å². The van der Waals surface area contributed by atoms with Gasteiger partial charge < -0.3 is 34.8 Å². The van der Waals surface area contributed by atoms with Crippen molar-refractivity contribution in [3.05, 3.63) is 0 Å². The van der Waals surface area contributed by atoms with Crippen LogP contribution < -0.4 is 5.32 Å². The highest BCUT2D eigenvalue weighted by Crippen LogP contribution is 2.26. The first-order valence-electron chi connectivity index (χ1n) is 8.01. The molecule has 0 radical (unpaired) electrons. The highest BCUT2D eigenvalue weighted by molar-refractivity contribution is 5.75. The molecular formula is C15H29NO7. The van der Waals surface area contributed by atoms with E-state index in [9.17, 15) is 15.0 Å². The summed E-state index contributed by atoms with van der Waals surface area (Å²) >= 11 is 0. The van der Waals surface area contributed by atoms with Gasteiger partial charge in [-0.05, 0) is 12.8 Å². The lowest BCUT2D eigenvalue weighted by molar-refractivity contribution is -0.282. The fourth-order valence-electron chi connectivity index (χ4n) is 2.42. The predicted octanol–water partition coefficient (Wildman–Crippen LogP) is -0.641. The molecule has 2 unspecified atom stereocenters. The first kappa shape index (κ1) is 20.3. The van der Waals surface area contributed by atoms with Crippen molar-refractivity contribution in [1.29, 1.82) is 0 Å². The number of hydrogen-bond donors (Lipinski definition) is 4.